The van der Waals surface area contributed by atoms with Gasteiger partial charge < -0.3 is 0 Å². The minimum Gasteiger partial charge on any atom is -0.274 e. The largest absolute Gasteiger partial charge is 0.274 e. The van der Waals surface area contributed by atoms with E-state index < -0.39 is 4.92 Å². The van der Waals surface area contributed by atoms with E-state index in [9.17, 15) is 19.7 Å². The normalized spacial score (nSPS) is 19.8. The first-order chi connectivity index (χ1) is 8.00. The van der Waals surface area contributed by atoms with E-state index in [2.05, 4.69) is 0 Å². The first-order valence-corrected chi connectivity index (χ1v) is 5.12. The number of carbonyl (C=O) groups excluding carboxylic acids is 2. The molecule has 0 bridgehead atoms. The first kappa shape index (κ1) is 11.3. The van der Waals surface area contributed by atoms with Crippen molar-refractivity contribution >= 4 is 23.2 Å². The molecule has 0 spiro atoms. The van der Waals surface area contributed by atoms with Gasteiger partial charge in [0.2, 0.25) is 11.8 Å². The summed E-state index contributed by atoms with van der Waals surface area (Å²) < 4.78 is 0. The van der Waals surface area contributed by atoms with E-state index in [0.29, 0.717) is 0 Å². The summed E-state index contributed by atoms with van der Waals surface area (Å²) >= 11 is 0. The minimum atomic E-state index is -0.558. The number of carbonyl (C=O) groups is 2. The summed E-state index contributed by atoms with van der Waals surface area (Å²) in [5.41, 5.74) is 0.126. The number of non-ortho nitro benzene ring substituents is 1. The van der Waals surface area contributed by atoms with Crippen LogP contribution in [0.5, 0.6) is 0 Å². The van der Waals surface area contributed by atoms with Crippen molar-refractivity contribution in [3.63, 3.8) is 0 Å². The van der Waals surface area contributed by atoms with Crippen molar-refractivity contribution in [2.24, 2.45) is 5.92 Å². The van der Waals surface area contributed by atoms with Gasteiger partial charge in [-0.1, -0.05) is 13.0 Å². The zero-order valence-corrected chi connectivity index (χ0v) is 9.12. The van der Waals surface area contributed by atoms with Crippen LogP contribution in [-0.2, 0) is 9.59 Å². The van der Waals surface area contributed by atoms with E-state index in [1.165, 1.54) is 24.3 Å². The molecule has 6 nitrogen and oxygen atoms in total. The average Bonchev–Trinajstić information content (AvgIpc) is 2.53. The molecule has 88 valence electrons. The molecule has 6 heteroatoms. The molecule has 1 saturated heterocycles. The van der Waals surface area contributed by atoms with E-state index in [4.69, 9.17) is 0 Å². The highest BCUT2D eigenvalue weighted by atomic mass is 16.6. The maximum Gasteiger partial charge on any atom is 0.271 e. The van der Waals surface area contributed by atoms with Gasteiger partial charge >= 0.3 is 0 Å². The Labute approximate surface area is 97.0 Å². The van der Waals surface area contributed by atoms with Gasteiger partial charge in [-0.25, -0.2) is 0 Å². The van der Waals surface area contributed by atoms with E-state index in [1.54, 1.807) is 6.92 Å². The molecule has 0 N–H and O–H groups in total. The Morgan fingerprint density at radius 3 is 2.65 bits per heavy atom. The summed E-state index contributed by atoms with van der Waals surface area (Å²) in [7, 11) is 0. The first-order valence-electron chi connectivity index (χ1n) is 5.12. The molecule has 0 aromatic heterocycles. The summed E-state index contributed by atoms with van der Waals surface area (Å²) in [6, 6.07) is 5.52. The Bertz CT molecular complexity index is 512. The van der Waals surface area contributed by atoms with Crippen molar-refractivity contribution in [3.8, 4) is 0 Å². The SMILES string of the molecule is CC1CC(=O)N(c2cccc([N+](=O)[O-])c2)C1=O. The van der Waals surface area contributed by atoms with Gasteiger partial charge in [-0.05, 0) is 6.07 Å². The average molecular weight is 234 g/mol. The lowest BCUT2D eigenvalue weighted by atomic mass is 10.1. The second-order valence-electron chi connectivity index (χ2n) is 3.95. The van der Waals surface area contributed by atoms with Crippen LogP contribution in [-0.4, -0.2) is 16.7 Å². The van der Waals surface area contributed by atoms with Crippen LogP contribution in [0, 0.1) is 16.0 Å². The van der Waals surface area contributed by atoms with Gasteiger partial charge in [-0.15, -0.1) is 0 Å². The van der Waals surface area contributed by atoms with E-state index in [0.717, 1.165) is 4.90 Å². The van der Waals surface area contributed by atoms with Gasteiger partial charge in [-0.2, -0.15) is 0 Å². The predicted molar refractivity (Wildman–Crippen MR) is 59.4 cm³/mol. The van der Waals surface area contributed by atoms with Gasteiger partial charge in [-0.3, -0.25) is 24.6 Å². The third-order valence-corrected chi connectivity index (χ3v) is 2.67. The molecular weight excluding hydrogens is 224 g/mol. The molecule has 1 aromatic rings. The van der Waals surface area contributed by atoms with Crippen LogP contribution in [0.15, 0.2) is 24.3 Å². The summed E-state index contributed by atoms with van der Waals surface area (Å²) in [6.07, 6.45) is 0.154. The number of amides is 2. The van der Waals surface area contributed by atoms with Crippen molar-refractivity contribution in [2.45, 2.75) is 13.3 Å². The number of rotatable bonds is 2. The Kier molecular flexibility index (Phi) is 2.63. The van der Waals surface area contributed by atoms with Crippen molar-refractivity contribution in [2.75, 3.05) is 4.90 Å². The number of hydrogen-bond acceptors (Lipinski definition) is 4. The van der Waals surface area contributed by atoms with E-state index in [-0.39, 0.29) is 35.5 Å². The number of benzene rings is 1. The monoisotopic (exact) mass is 234 g/mol. The number of imide groups is 1. The van der Waals surface area contributed by atoms with Gasteiger partial charge in [0.25, 0.3) is 5.69 Å². The van der Waals surface area contributed by atoms with E-state index in [1.807, 2.05) is 0 Å². The van der Waals surface area contributed by atoms with Crippen LogP contribution in [0.25, 0.3) is 0 Å². The number of hydrogen-bond donors (Lipinski definition) is 0. The van der Waals surface area contributed by atoms with Crippen molar-refractivity contribution in [1.82, 2.24) is 0 Å². The molecule has 0 saturated carbocycles. The van der Waals surface area contributed by atoms with Crippen LogP contribution in [0.2, 0.25) is 0 Å². The maximum absolute atomic E-state index is 11.7. The lowest BCUT2D eigenvalue weighted by Gasteiger charge is -2.13. The molecule has 1 aliphatic heterocycles. The minimum absolute atomic E-state index is 0.136. The van der Waals surface area contributed by atoms with Crippen molar-refractivity contribution in [3.05, 3.63) is 34.4 Å². The lowest BCUT2D eigenvalue weighted by molar-refractivity contribution is -0.384. The van der Waals surface area contributed by atoms with Crippen molar-refractivity contribution < 1.29 is 14.5 Å². The van der Waals surface area contributed by atoms with Gasteiger partial charge in [0.15, 0.2) is 0 Å². The summed E-state index contributed by atoms with van der Waals surface area (Å²) in [6.45, 7) is 1.66. The number of nitro groups is 1. The predicted octanol–water partition coefficient (Wildman–Crippen LogP) is 1.49. The molecule has 1 unspecified atom stereocenters. The highest BCUT2D eigenvalue weighted by Crippen LogP contribution is 2.28. The highest BCUT2D eigenvalue weighted by Gasteiger charge is 2.36. The molecule has 0 radical (unpaired) electrons. The van der Waals surface area contributed by atoms with Crippen LogP contribution >= 0.6 is 0 Å². The van der Waals surface area contributed by atoms with Crippen molar-refractivity contribution in [1.29, 1.82) is 0 Å². The highest BCUT2D eigenvalue weighted by molar-refractivity contribution is 6.20. The number of nitrogens with zero attached hydrogens (tertiary/aromatic N) is 2. The number of anilines is 1. The zero-order chi connectivity index (χ0) is 12.6. The van der Waals surface area contributed by atoms with Gasteiger partial charge in [0.05, 0.1) is 10.6 Å². The van der Waals surface area contributed by atoms with Crippen LogP contribution in [0.1, 0.15) is 13.3 Å². The van der Waals surface area contributed by atoms with E-state index >= 15 is 0 Å². The van der Waals surface area contributed by atoms with Gasteiger partial charge in [0.1, 0.15) is 0 Å². The fraction of sp³-hybridized carbons (Fsp3) is 0.273. The molecule has 1 fully saturated rings. The molecule has 1 heterocycles. The molecule has 17 heavy (non-hydrogen) atoms. The molecule has 1 aliphatic rings. The van der Waals surface area contributed by atoms with Crippen LogP contribution < -0.4 is 4.90 Å². The smallest absolute Gasteiger partial charge is 0.271 e. The third-order valence-electron chi connectivity index (χ3n) is 2.67. The Hall–Kier alpha value is -2.24. The second kappa shape index (κ2) is 3.97. The fourth-order valence-electron chi connectivity index (χ4n) is 1.80. The molecule has 1 atom stereocenters. The molecule has 2 rings (SSSR count). The third kappa shape index (κ3) is 1.89. The fourth-order valence-corrected chi connectivity index (χ4v) is 1.80. The summed E-state index contributed by atoms with van der Waals surface area (Å²) in [5.74, 6) is -0.986. The maximum atomic E-state index is 11.7. The topological polar surface area (TPSA) is 80.5 Å². The molecule has 0 aliphatic carbocycles. The quantitative estimate of drug-likeness (QED) is 0.441. The number of nitro benzene ring substituents is 1. The van der Waals surface area contributed by atoms with Gasteiger partial charge in [0, 0.05) is 24.5 Å². The lowest BCUT2D eigenvalue weighted by Crippen LogP contribution is -2.29. The molecule has 1 aromatic carbocycles. The van der Waals surface area contributed by atoms with Crippen LogP contribution in [0.4, 0.5) is 11.4 Å². The zero-order valence-electron chi connectivity index (χ0n) is 9.12. The Balaban J connectivity index is 2.40. The van der Waals surface area contributed by atoms with Crippen LogP contribution in [0.3, 0.4) is 0 Å². The standard InChI is InChI=1S/C11H10N2O4/c1-7-5-10(14)12(11(7)15)8-3-2-4-9(6-8)13(16)17/h2-4,6-7H,5H2,1H3. The Morgan fingerprint density at radius 2 is 2.12 bits per heavy atom. The molecular formula is C11H10N2O4. The summed E-state index contributed by atoms with van der Waals surface area (Å²) in [5, 5.41) is 10.6. The Morgan fingerprint density at radius 1 is 1.41 bits per heavy atom. The second-order valence-corrected chi connectivity index (χ2v) is 3.95. The summed E-state index contributed by atoms with van der Waals surface area (Å²) in [4.78, 5) is 34.4. The molecule has 2 amide bonds.